The average Bonchev–Trinajstić information content (AvgIpc) is 3.32. The van der Waals surface area contributed by atoms with Crippen molar-refractivity contribution in [3.05, 3.63) is 129 Å². The van der Waals surface area contributed by atoms with E-state index in [1.807, 2.05) is 44.2 Å². The standard InChI is InChI=1S/C21H23ClFNO2.C19H23ClN2.C6H13NO2/c22-18-7-5-17(6-8-18)21(26)11-14-24(15-12-21)13-1-2-20(25)16-3-9-19(23)10-4-16;1-21(2)12-5-13-22-18-7-4-3-6-15(18)8-9-16-10-11-17(20)14-19(16)22;1-4(2)3-5(7)6(8)9/h3-10,26H,1-2,11-15H2;3-4,6-7,10-11,14H,5,8-9,12-13H2,1-2H3;4-5H,3,7H2,1-2H3,(H,8,9)/t;;5-/m..0/s1. The number of ketones is 1. The lowest BCUT2D eigenvalue weighted by Crippen LogP contribution is -2.42. The van der Waals surface area contributed by atoms with Crippen LogP contribution in [0.1, 0.15) is 79.4 Å². The van der Waals surface area contributed by atoms with Gasteiger partial charge in [-0.2, -0.15) is 0 Å². The Morgan fingerprint density at radius 1 is 0.842 bits per heavy atom. The van der Waals surface area contributed by atoms with Crippen molar-refractivity contribution in [3.63, 3.8) is 0 Å². The molecule has 0 bridgehead atoms. The first-order valence-corrected chi connectivity index (χ1v) is 20.7. The Bertz CT molecular complexity index is 1870. The normalized spacial score (nSPS) is 15.3. The molecule has 57 heavy (non-hydrogen) atoms. The number of carboxylic acid groups (broad SMARTS) is 1. The summed E-state index contributed by atoms with van der Waals surface area (Å²) in [5, 5.41) is 20.7. The van der Waals surface area contributed by atoms with Gasteiger partial charge in [-0.15, -0.1) is 0 Å². The Hall–Kier alpha value is -3.83. The van der Waals surface area contributed by atoms with Crippen LogP contribution in [0.2, 0.25) is 10.0 Å². The van der Waals surface area contributed by atoms with Crippen LogP contribution in [0.4, 0.5) is 15.8 Å². The fourth-order valence-electron chi connectivity index (χ4n) is 7.22. The highest BCUT2D eigenvalue weighted by Crippen LogP contribution is 2.37. The van der Waals surface area contributed by atoms with Gasteiger partial charge in [0.2, 0.25) is 0 Å². The maximum atomic E-state index is 12.9. The summed E-state index contributed by atoms with van der Waals surface area (Å²) in [6, 6.07) is 27.5. The van der Waals surface area contributed by atoms with Crippen molar-refractivity contribution in [3.8, 4) is 0 Å². The Kier molecular flexibility index (Phi) is 18.0. The maximum Gasteiger partial charge on any atom is 0.320 e. The summed E-state index contributed by atoms with van der Waals surface area (Å²) in [7, 11) is 4.25. The molecule has 0 unspecified atom stereocenters. The fraction of sp³-hybridized carbons (Fsp3) is 0.435. The molecule has 4 N–H and O–H groups in total. The molecule has 1 saturated heterocycles. The summed E-state index contributed by atoms with van der Waals surface area (Å²) in [6.07, 6.45) is 6.39. The third-order valence-corrected chi connectivity index (χ3v) is 10.9. The van der Waals surface area contributed by atoms with Crippen molar-refractivity contribution in [2.75, 3.05) is 51.7 Å². The molecule has 2 aliphatic rings. The largest absolute Gasteiger partial charge is 0.480 e. The molecule has 0 spiro atoms. The number of nitrogens with two attached hydrogens (primary N) is 1. The number of halogens is 3. The number of carbonyl (C=O) groups excluding carboxylic acids is 1. The van der Waals surface area contributed by atoms with E-state index < -0.39 is 17.6 Å². The second-order valence-electron chi connectivity index (χ2n) is 15.7. The van der Waals surface area contributed by atoms with E-state index >= 15 is 0 Å². The number of piperidine rings is 1. The van der Waals surface area contributed by atoms with Gasteiger partial charge in [-0.05, 0) is 149 Å². The van der Waals surface area contributed by atoms with Gasteiger partial charge in [0.25, 0.3) is 0 Å². The summed E-state index contributed by atoms with van der Waals surface area (Å²) < 4.78 is 12.9. The van der Waals surface area contributed by atoms with Crippen LogP contribution in [0.25, 0.3) is 0 Å². The number of hydrogen-bond acceptors (Lipinski definition) is 7. The van der Waals surface area contributed by atoms with Gasteiger partial charge in [-0.1, -0.05) is 73.4 Å². The van der Waals surface area contributed by atoms with E-state index in [1.165, 1.54) is 46.8 Å². The molecule has 0 aliphatic carbocycles. The Labute approximate surface area is 348 Å². The van der Waals surface area contributed by atoms with E-state index in [9.17, 15) is 19.1 Å². The molecule has 4 aromatic rings. The number of Topliss-reactive ketones (excluding diaryl/α,β-unsaturated/α-hetero) is 1. The van der Waals surface area contributed by atoms with E-state index in [0.29, 0.717) is 42.2 Å². The number of aryl methyl sites for hydroxylation is 2. The first-order chi connectivity index (χ1) is 27.1. The highest BCUT2D eigenvalue weighted by Gasteiger charge is 2.33. The van der Waals surface area contributed by atoms with Gasteiger partial charge in [0.1, 0.15) is 11.9 Å². The minimum absolute atomic E-state index is 0.0414. The van der Waals surface area contributed by atoms with Gasteiger partial charge in [-0.25, -0.2) is 4.39 Å². The van der Waals surface area contributed by atoms with Crippen molar-refractivity contribution in [1.82, 2.24) is 9.80 Å². The van der Waals surface area contributed by atoms with Gasteiger partial charge >= 0.3 is 5.97 Å². The predicted molar refractivity (Wildman–Crippen MR) is 232 cm³/mol. The van der Waals surface area contributed by atoms with Gasteiger partial charge in [0.15, 0.2) is 5.78 Å². The average molecular weight is 822 g/mol. The Morgan fingerprint density at radius 2 is 1.46 bits per heavy atom. The van der Waals surface area contributed by atoms with Crippen LogP contribution in [0.5, 0.6) is 0 Å². The number of nitrogens with zero attached hydrogens (tertiary/aromatic N) is 3. The van der Waals surface area contributed by atoms with Crippen LogP contribution in [-0.2, 0) is 23.2 Å². The number of anilines is 2. The van der Waals surface area contributed by atoms with Crippen molar-refractivity contribution < 1.29 is 24.2 Å². The summed E-state index contributed by atoms with van der Waals surface area (Å²) in [5.41, 5.74) is 11.3. The molecule has 1 fully saturated rings. The molecule has 2 aliphatic heterocycles. The van der Waals surface area contributed by atoms with Crippen LogP contribution in [-0.4, -0.2) is 84.6 Å². The number of hydrogen-bond donors (Lipinski definition) is 3. The highest BCUT2D eigenvalue weighted by atomic mass is 35.5. The first-order valence-electron chi connectivity index (χ1n) is 19.9. The van der Waals surface area contributed by atoms with Crippen molar-refractivity contribution in [2.45, 2.75) is 76.9 Å². The number of likely N-dealkylation sites (tertiary alicyclic amines) is 1. The Morgan fingerprint density at radius 3 is 2.05 bits per heavy atom. The van der Waals surface area contributed by atoms with Crippen LogP contribution in [0.3, 0.4) is 0 Å². The minimum atomic E-state index is -0.913. The monoisotopic (exact) mass is 820 g/mol. The van der Waals surface area contributed by atoms with Gasteiger partial charge in [0.05, 0.1) is 5.60 Å². The molecule has 8 nitrogen and oxygen atoms in total. The van der Waals surface area contributed by atoms with E-state index in [0.717, 1.165) is 69.0 Å². The Balaban J connectivity index is 0.000000211. The van der Waals surface area contributed by atoms with E-state index in [-0.39, 0.29) is 11.6 Å². The van der Waals surface area contributed by atoms with E-state index in [4.69, 9.17) is 34.0 Å². The molecule has 308 valence electrons. The summed E-state index contributed by atoms with van der Waals surface area (Å²) in [6.45, 7) is 8.42. The van der Waals surface area contributed by atoms with Crippen LogP contribution in [0.15, 0.2) is 91.0 Å². The second kappa shape index (κ2) is 22.4. The molecular formula is C46H59Cl2FN4O4. The summed E-state index contributed by atoms with van der Waals surface area (Å²) in [4.78, 5) is 29.2. The lowest BCUT2D eigenvalue weighted by atomic mass is 9.84. The number of aliphatic carboxylic acids is 1. The molecule has 4 aromatic carbocycles. The third-order valence-electron chi connectivity index (χ3n) is 10.4. The zero-order chi connectivity index (χ0) is 41.5. The second-order valence-corrected chi connectivity index (χ2v) is 16.6. The van der Waals surface area contributed by atoms with Crippen LogP contribution < -0.4 is 10.6 Å². The number of fused-ring (bicyclic) bond motifs is 2. The SMILES string of the molecule is CC(C)C[C@H](N)C(=O)O.CN(C)CCCN1c2ccccc2CCc2ccc(Cl)cc21.O=C(CCCN1CCC(O)(c2ccc(Cl)cc2)CC1)c1ccc(F)cc1. The first kappa shape index (κ1) is 45.9. The molecule has 6 rings (SSSR count). The molecule has 0 aromatic heterocycles. The summed E-state index contributed by atoms with van der Waals surface area (Å²) in [5.74, 6) is -0.845. The van der Waals surface area contributed by atoms with E-state index in [2.05, 4.69) is 65.2 Å². The zero-order valence-electron chi connectivity index (χ0n) is 33.8. The molecule has 11 heteroatoms. The fourth-order valence-corrected chi connectivity index (χ4v) is 7.51. The molecular weight excluding hydrogens is 762 g/mol. The lowest BCUT2D eigenvalue weighted by molar-refractivity contribution is -0.138. The molecule has 2 heterocycles. The number of para-hydroxylation sites is 1. The molecule has 0 saturated carbocycles. The van der Waals surface area contributed by atoms with Crippen LogP contribution >= 0.6 is 23.2 Å². The molecule has 1 atom stereocenters. The molecule has 0 radical (unpaired) electrons. The van der Waals surface area contributed by atoms with Crippen molar-refractivity contribution >= 4 is 46.3 Å². The quantitative estimate of drug-likeness (QED) is 0.115. The topological polar surface area (TPSA) is 110 Å². The zero-order valence-corrected chi connectivity index (χ0v) is 35.3. The third kappa shape index (κ3) is 14.5. The van der Waals surface area contributed by atoms with Gasteiger partial charge in [0, 0.05) is 53.0 Å². The number of aliphatic hydroxyl groups is 1. The number of carboxylic acids is 1. The number of rotatable bonds is 13. The van der Waals surface area contributed by atoms with E-state index in [1.54, 1.807) is 0 Å². The summed E-state index contributed by atoms with van der Waals surface area (Å²) >= 11 is 12.2. The predicted octanol–water partition coefficient (Wildman–Crippen LogP) is 9.40. The number of benzene rings is 4. The maximum absolute atomic E-state index is 12.9. The van der Waals surface area contributed by atoms with Gasteiger partial charge < -0.3 is 30.6 Å². The van der Waals surface area contributed by atoms with Gasteiger partial charge in [-0.3, -0.25) is 9.59 Å². The smallest absolute Gasteiger partial charge is 0.320 e. The van der Waals surface area contributed by atoms with Crippen LogP contribution in [0, 0.1) is 11.7 Å². The van der Waals surface area contributed by atoms with Crippen molar-refractivity contribution in [1.29, 1.82) is 0 Å². The minimum Gasteiger partial charge on any atom is -0.480 e. The molecule has 0 amide bonds. The van der Waals surface area contributed by atoms with Crippen molar-refractivity contribution in [2.24, 2.45) is 11.7 Å². The number of carbonyl (C=O) groups is 2. The lowest BCUT2D eigenvalue weighted by Gasteiger charge is -2.38. The highest BCUT2D eigenvalue weighted by molar-refractivity contribution is 6.31.